The number of aromatic nitrogens is 2. The molecular formula is C45H45FN8O11. The first-order chi connectivity index (χ1) is 31.1. The van der Waals surface area contributed by atoms with Gasteiger partial charge in [-0.05, 0) is 43.0 Å². The molecule has 65 heavy (non-hydrogen) atoms. The monoisotopic (exact) mass is 892 g/mol. The van der Waals surface area contributed by atoms with Crippen LogP contribution in [0.5, 0.6) is 0 Å². The number of anilines is 1. The molecule has 0 bridgehead atoms. The van der Waals surface area contributed by atoms with Crippen molar-refractivity contribution in [2.75, 3.05) is 31.5 Å². The first kappa shape index (κ1) is 45.4. The minimum absolute atomic E-state index is 0.0200. The van der Waals surface area contributed by atoms with E-state index in [2.05, 4.69) is 31.6 Å². The van der Waals surface area contributed by atoms with Gasteiger partial charge in [0.05, 0.1) is 54.3 Å². The fraction of sp³-hybridized carbons (Fsp3) is 0.333. The molecule has 7 amide bonds. The number of imide groups is 1. The van der Waals surface area contributed by atoms with E-state index in [4.69, 9.17) is 4.74 Å². The molecule has 7 rings (SSSR count). The highest BCUT2D eigenvalue weighted by Crippen LogP contribution is 2.39. The Morgan fingerprint density at radius 1 is 0.862 bits per heavy atom. The summed E-state index contributed by atoms with van der Waals surface area (Å²) in [5.41, 5.74) is -0.182. The van der Waals surface area contributed by atoms with Crippen LogP contribution in [-0.2, 0) is 68.3 Å². The number of cyclic esters (lactones) is 1. The molecule has 0 saturated carbocycles. The summed E-state index contributed by atoms with van der Waals surface area (Å²) in [6.45, 7) is 0.114. The predicted octanol–water partition coefficient (Wildman–Crippen LogP) is 0.719. The average Bonchev–Trinajstić information content (AvgIpc) is 3.81. The number of ether oxygens (including phenoxy) is 1. The number of nitrogens with zero attached hydrogens (tertiary/aromatic N) is 3. The van der Waals surface area contributed by atoms with Crippen molar-refractivity contribution in [3.63, 3.8) is 0 Å². The second-order valence-electron chi connectivity index (χ2n) is 15.7. The standard InChI is InChI=1S/C45H45FN8O11/c1-2-45(64)29-18-34-41-27(23-54(34)43(62)28(29)24-65-44(45)63)16-26-17-32(30(46)19-31(26)52-41)50-38(58)22-49-42(61)33(15-25-9-5-3-6-10-25)51-37(57)21-48-36(56)20-47-35(55)11-7-4-8-14-53-39(59)12-13-40(53)60/h3,5-6,9-10,12-13,16-19,33,64H,2,4,7-8,11,14-15,20-24H2,1H3,(H,47,55)(H,48,56)(H,49,61)(H,50,58)(H,51,57)/t33-,45-/m0/s1. The maximum Gasteiger partial charge on any atom is 0.343 e. The molecule has 0 spiro atoms. The molecule has 2 atom stereocenters. The Kier molecular flexibility index (Phi) is 13.6. The van der Waals surface area contributed by atoms with Crippen LogP contribution in [0.2, 0.25) is 0 Å². The summed E-state index contributed by atoms with van der Waals surface area (Å²) in [5, 5.41) is 23.8. The Morgan fingerprint density at radius 2 is 1.57 bits per heavy atom. The highest BCUT2D eigenvalue weighted by molar-refractivity contribution is 6.12. The molecule has 2 aromatic carbocycles. The van der Waals surface area contributed by atoms with Crippen LogP contribution in [0.15, 0.2) is 71.5 Å². The third-order valence-electron chi connectivity index (χ3n) is 11.3. The summed E-state index contributed by atoms with van der Waals surface area (Å²) in [5.74, 6) is -5.76. The lowest BCUT2D eigenvalue weighted by atomic mass is 9.86. The number of amides is 7. The van der Waals surface area contributed by atoms with Crippen LogP contribution < -0.4 is 32.1 Å². The van der Waals surface area contributed by atoms with Crippen molar-refractivity contribution >= 4 is 63.9 Å². The average molecular weight is 893 g/mol. The minimum Gasteiger partial charge on any atom is -0.458 e. The van der Waals surface area contributed by atoms with Gasteiger partial charge in [0.15, 0.2) is 5.60 Å². The Bertz CT molecular complexity index is 2700. The lowest BCUT2D eigenvalue weighted by molar-refractivity contribution is -0.172. The van der Waals surface area contributed by atoms with Crippen LogP contribution in [0, 0.1) is 5.82 Å². The first-order valence-corrected chi connectivity index (χ1v) is 20.9. The van der Waals surface area contributed by atoms with Crippen molar-refractivity contribution in [3.05, 3.63) is 105 Å². The summed E-state index contributed by atoms with van der Waals surface area (Å²) >= 11 is 0. The van der Waals surface area contributed by atoms with E-state index < -0.39 is 78.2 Å². The van der Waals surface area contributed by atoms with Gasteiger partial charge < -0.3 is 41.0 Å². The van der Waals surface area contributed by atoms with Crippen LogP contribution >= 0.6 is 0 Å². The number of benzene rings is 2. The molecule has 0 unspecified atom stereocenters. The number of nitrogens with one attached hydrogen (secondary N) is 5. The Balaban J connectivity index is 0.907. The maximum atomic E-state index is 15.5. The number of hydrogen-bond donors (Lipinski definition) is 6. The molecule has 6 N–H and O–H groups in total. The van der Waals surface area contributed by atoms with Crippen molar-refractivity contribution in [1.29, 1.82) is 0 Å². The fourth-order valence-electron chi connectivity index (χ4n) is 7.78. The van der Waals surface area contributed by atoms with Crippen molar-refractivity contribution in [2.24, 2.45) is 0 Å². The highest BCUT2D eigenvalue weighted by atomic mass is 19.1. The van der Waals surface area contributed by atoms with Gasteiger partial charge in [0.1, 0.15) is 18.5 Å². The van der Waals surface area contributed by atoms with E-state index in [1.165, 1.54) is 22.8 Å². The number of fused-ring (bicyclic) bond motifs is 5. The zero-order valence-electron chi connectivity index (χ0n) is 35.2. The molecule has 0 aliphatic carbocycles. The van der Waals surface area contributed by atoms with Crippen LogP contribution in [0.4, 0.5) is 10.1 Å². The lowest BCUT2D eigenvalue weighted by Crippen LogP contribution is -2.52. The topological polar surface area (TPSA) is 264 Å². The van der Waals surface area contributed by atoms with Crippen LogP contribution in [0.1, 0.15) is 61.3 Å². The van der Waals surface area contributed by atoms with Gasteiger partial charge in [-0.2, -0.15) is 0 Å². The maximum absolute atomic E-state index is 15.5. The van der Waals surface area contributed by atoms with Crippen molar-refractivity contribution < 1.29 is 52.6 Å². The third-order valence-corrected chi connectivity index (χ3v) is 11.3. The second kappa shape index (κ2) is 19.4. The molecule has 2 aromatic heterocycles. The summed E-state index contributed by atoms with van der Waals surface area (Å²) < 4.78 is 22.0. The molecular weight excluding hydrogens is 848 g/mol. The van der Waals surface area contributed by atoms with Gasteiger partial charge in [0.25, 0.3) is 17.4 Å². The number of hydrogen-bond acceptors (Lipinski definition) is 12. The summed E-state index contributed by atoms with van der Waals surface area (Å²) in [6, 6.07) is 13.2. The number of carbonyl (C=O) groups is 8. The van der Waals surface area contributed by atoms with Crippen molar-refractivity contribution in [3.8, 4) is 11.4 Å². The Morgan fingerprint density at radius 3 is 2.31 bits per heavy atom. The molecule has 0 saturated heterocycles. The van der Waals surface area contributed by atoms with Gasteiger partial charge >= 0.3 is 5.97 Å². The Labute approximate surface area is 369 Å². The largest absolute Gasteiger partial charge is 0.458 e. The first-order valence-electron chi connectivity index (χ1n) is 20.9. The van der Waals surface area contributed by atoms with E-state index in [9.17, 15) is 48.3 Å². The number of rotatable bonds is 18. The molecule has 3 aliphatic rings. The van der Waals surface area contributed by atoms with Crippen LogP contribution in [0.3, 0.4) is 0 Å². The molecule has 5 heterocycles. The van der Waals surface area contributed by atoms with Gasteiger partial charge in [0, 0.05) is 54.1 Å². The molecule has 0 fully saturated rings. The highest BCUT2D eigenvalue weighted by Gasteiger charge is 2.45. The molecule has 4 aromatic rings. The number of esters is 1. The van der Waals surface area contributed by atoms with Crippen LogP contribution in [0.25, 0.3) is 22.3 Å². The van der Waals surface area contributed by atoms with E-state index in [0.29, 0.717) is 47.2 Å². The third kappa shape index (κ3) is 10.1. The van der Waals surface area contributed by atoms with E-state index in [-0.39, 0.29) is 73.1 Å². The minimum atomic E-state index is -2.01. The van der Waals surface area contributed by atoms with Gasteiger partial charge in [0.2, 0.25) is 29.5 Å². The van der Waals surface area contributed by atoms with E-state index in [1.54, 1.807) is 49.4 Å². The van der Waals surface area contributed by atoms with Crippen LogP contribution in [-0.4, -0.2) is 99.1 Å². The van der Waals surface area contributed by atoms with Crippen molar-refractivity contribution in [1.82, 2.24) is 35.7 Å². The second-order valence-corrected chi connectivity index (χ2v) is 15.7. The Hall–Kier alpha value is -7.61. The lowest BCUT2D eigenvalue weighted by Gasteiger charge is -2.31. The summed E-state index contributed by atoms with van der Waals surface area (Å²) in [6.07, 6.45) is 4.06. The number of halogens is 1. The van der Waals surface area contributed by atoms with E-state index in [0.717, 1.165) is 11.0 Å². The van der Waals surface area contributed by atoms with E-state index in [1.807, 2.05) is 0 Å². The molecule has 0 radical (unpaired) electrons. The van der Waals surface area contributed by atoms with Gasteiger partial charge in [-0.1, -0.05) is 43.7 Å². The van der Waals surface area contributed by atoms with Gasteiger partial charge in [-0.3, -0.25) is 43.3 Å². The number of unbranched alkanes of at least 4 members (excludes halogenated alkanes) is 2. The number of pyridine rings is 2. The zero-order chi connectivity index (χ0) is 46.4. The molecule has 20 heteroatoms. The summed E-state index contributed by atoms with van der Waals surface area (Å²) in [4.78, 5) is 119. The molecule has 19 nitrogen and oxygen atoms in total. The smallest absolute Gasteiger partial charge is 0.343 e. The quantitative estimate of drug-likeness (QED) is 0.0404. The number of carbonyl (C=O) groups excluding carboxylic acids is 8. The summed E-state index contributed by atoms with van der Waals surface area (Å²) in [7, 11) is 0. The fourth-order valence-corrected chi connectivity index (χ4v) is 7.78. The normalized spacial score (nSPS) is 16.3. The van der Waals surface area contributed by atoms with E-state index >= 15 is 4.39 Å². The van der Waals surface area contributed by atoms with Crippen molar-refractivity contribution in [2.45, 2.75) is 70.2 Å². The molecule has 338 valence electrons. The van der Waals surface area contributed by atoms with Gasteiger partial charge in [-0.25, -0.2) is 14.2 Å². The zero-order valence-corrected chi connectivity index (χ0v) is 35.2. The molecule has 3 aliphatic heterocycles. The number of aliphatic hydroxyl groups is 1. The SMILES string of the molecule is CC[C@@]1(O)C(=O)OCc2c1cc1n(c2=O)Cc2cc3cc(NC(=O)CNC(=O)[C@H](Cc4ccccc4)NC(=O)CNC(=O)CNC(=O)CCCCCN4C(=O)C=CC4=O)c(F)cc3nc2-1. The van der Waals surface area contributed by atoms with Gasteiger partial charge in [-0.15, -0.1) is 0 Å². The predicted molar refractivity (Wildman–Crippen MR) is 229 cm³/mol.